The van der Waals surface area contributed by atoms with Crippen molar-refractivity contribution in [2.75, 3.05) is 17.2 Å². The second kappa shape index (κ2) is 5.70. The summed E-state index contributed by atoms with van der Waals surface area (Å²) in [5, 5.41) is 1.12. The van der Waals surface area contributed by atoms with Gasteiger partial charge in [-0.15, -0.1) is 0 Å². The van der Waals surface area contributed by atoms with Crippen LogP contribution in [0.1, 0.15) is 19.2 Å². The van der Waals surface area contributed by atoms with E-state index in [0.717, 1.165) is 12.8 Å². The molecule has 0 aliphatic carbocycles. The maximum absolute atomic E-state index is 5.75. The summed E-state index contributed by atoms with van der Waals surface area (Å²) in [6.07, 6.45) is 1.73. The molecule has 6 N–H and O–H groups in total. The molecule has 0 saturated heterocycles. The van der Waals surface area contributed by atoms with Gasteiger partial charge in [0.15, 0.2) is 5.16 Å². The normalized spacial score (nSPS) is 10.6. The minimum atomic E-state index is 0.325. The van der Waals surface area contributed by atoms with Gasteiger partial charge in [0.2, 0.25) is 0 Å². The maximum Gasteiger partial charge on any atom is 0.197 e. The highest BCUT2D eigenvalue weighted by Gasteiger charge is 2.07. The monoisotopic (exact) mass is 277 g/mol. The van der Waals surface area contributed by atoms with Crippen molar-refractivity contribution in [1.29, 1.82) is 0 Å². The van der Waals surface area contributed by atoms with Crippen LogP contribution in [0, 0.1) is 0 Å². The van der Waals surface area contributed by atoms with Gasteiger partial charge >= 0.3 is 0 Å². The number of hydrogen-bond acceptors (Lipinski definition) is 8. The van der Waals surface area contributed by atoms with Gasteiger partial charge in [0.1, 0.15) is 28.3 Å². The minimum Gasteiger partial charge on any atom is -0.384 e. The van der Waals surface area contributed by atoms with Gasteiger partial charge in [0.25, 0.3) is 0 Å². The van der Waals surface area contributed by atoms with E-state index in [1.165, 1.54) is 17.8 Å². The lowest BCUT2D eigenvalue weighted by atomic mass is 10.3. The van der Waals surface area contributed by atoms with E-state index in [1.807, 2.05) is 0 Å². The summed E-state index contributed by atoms with van der Waals surface area (Å²) in [5.41, 5.74) is 17.0. The highest BCUT2D eigenvalue weighted by molar-refractivity contribution is 7.99. The zero-order valence-corrected chi connectivity index (χ0v) is 11.3. The van der Waals surface area contributed by atoms with E-state index in [9.17, 15) is 0 Å². The molecule has 100 valence electrons. The maximum atomic E-state index is 5.75. The van der Waals surface area contributed by atoms with E-state index in [4.69, 9.17) is 17.2 Å². The van der Waals surface area contributed by atoms with Gasteiger partial charge in [0, 0.05) is 18.6 Å². The number of nitrogens with zero attached hydrogens (tertiary/aromatic N) is 4. The van der Waals surface area contributed by atoms with Crippen LogP contribution >= 0.6 is 11.8 Å². The molecule has 8 heteroatoms. The van der Waals surface area contributed by atoms with E-state index in [-0.39, 0.29) is 0 Å². The molecule has 2 aromatic heterocycles. The Balaban J connectivity index is 2.27. The molecule has 0 bridgehead atoms. The van der Waals surface area contributed by atoms with Gasteiger partial charge in [-0.2, -0.15) is 0 Å². The zero-order valence-electron chi connectivity index (χ0n) is 10.5. The third-order valence-corrected chi connectivity index (χ3v) is 2.97. The molecule has 0 spiro atoms. The molecule has 0 unspecified atom stereocenters. The lowest BCUT2D eigenvalue weighted by Gasteiger charge is -2.05. The topological polar surface area (TPSA) is 130 Å². The fourth-order valence-corrected chi connectivity index (χ4v) is 2.30. The number of rotatable bonds is 4. The van der Waals surface area contributed by atoms with E-state index in [2.05, 4.69) is 26.9 Å². The van der Waals surface area contributed by atoms with E-state index >= 15 is 0 Å². The summed E-state index contributed by atoms with van der Waals surface area (Å²) < 4.78 is 0. The van der Waals surface area contributed by atoms with Crippen molar-refractivity contribution in [3.63, 3.8) is 0 Å². The summed E-state index contributed by atoms with van der Waals surface area (Å²) in [7, 11) is 0. The van der Waals surface area contributed by atoms with Gasteiger partial charge < -0.3 is 17.2 Å². The quantitative estimate of drug-likeness (QED) is 0.560. The first-order valence-electron chi connectivity index (χ1n) is 5.78. The molecule has 0 radical (unpaired) electrons. The molecular formula is C11H15N7S. The lowest BCUT2D eigenvalue weighted by Crippen LogP contribution is -2.02. The highest BCUT2D eigenvalue weighted by atomic mass is 32.2. The van der Waals surface area contributed by atoms with Gasteiger partial charge in [-0.05, 0) is 18.2 Å². The fourth-order valence-electron chi connectivity index (χ4n) is 1.48. The van der Waals surface area contributed by atoms with Crippen LogP contribution in [-0.4, -0.2) is 19.9 Å². The second-order valence-corrected chi connectivity index (χ2v) is 4.89. The Morgan fingerprint density at radius 3 is 2.21 bits per heavy atom. The van der Waals surface area contributed by atoms with E-state index in [1.54, 1.807) is 6.07 Å². The second-order valence-electron chi connectivity index (χ2n) is 3.90. The zero-order chi connectivity index (χ0) is 13.8. The van der Waals surface area contributed by atoms with E-state index in [0.29, 0.717) is 33.5 Å². The summed E-state index contributed by atoms with van der Waals surface area (Å²) in [5.74, 6) is 1.79. The lowest BCUT2D eigenvalue weighted by molar-refractivity contribution is 0.812. The molecular weight excluding hydrogens is 262 g/mol. The summed E-state index contributed by atoms with van der Waals surface area (Å²) in [6, 6.07) is 3.17. The van der Waals surface area contributed by atoms with Crippen LogP contribution in [0.4, 0.5) is 17.5 Å². The Morgan fingerprint density at radius 1 is 0.947 bits per heavy atom. The Hall–Kier alpha value is -2.09. The molecule has 0 aromatic carbocycles. The first-order valence-corrected chi connectivity index (χ1v) is 6.59. The van der Waals surface area contributed by atoms with Crippen molar-refractivity contribution in [2.45, 2.75) is 29.9 Å². The van der Waals surface area contributed by atoms with Crippen LogP contribution in [0.5, 0.6) is 0 Å². The molecule has 0 amide bonds. The van der Waals surface area contributed by atoms with Crippen molar-refractivity contribution in [3.05, 3.63) is 18.0 Å². The average Bonchev–Trinajstić information content (AvgIpc) is 2.26. The summed E-state index contributed by atoms with van der Waals surface area (Å²) in [6.45, 7) is 2.06. The summed E-state index contributed by atoms with van der Waals surface area (Å²) >= 11 is 1.26. The SMILES string of the molecule is CCCc1nc(N)cc(Sc2nc(N)cc(N)n2)n1. The third kappa shape index (κ3) is 3.68. The predicted molar refractivity (Wildman–Crippen MR) is 75.4 cm³/mol. The number of nitrogen functional groups attached to an aromatic ring is 3. The molecule has 2 heterocycles. The van der Waals surface area contributed by atoms with Crippen LogP contribution < -0.4 is 17.2 Å². The number of aryl methyl sites for hydroxylation is 1. The average molecular weight is 277 g/mol. The first-order chi connectivity index (χ1) is 9.06. The Bertz CT molecular complexity index is 567. The van der Waals surface area contributed by atoms with Crippen LogP contribution in [0.25, 0.3) is 0 Å². The molecule has 7 nitrogen and oxygen atoms in total. The molecule has 2 aromatic rings. The molecule has 0 aliphatic heterocycles. The first kappa shape index (κ1) is 13.3. The van der Waals surface area contributed by atoms with Gasteiger partial charge in [-0.3, -0.25) is 0 Å². The molecule has 2 rings (SSSR count). The number of anilines is 3. The number of nitrogens with two attached hydrogens (primary N) is 3. The standard InChI is InChI=1S/C11H15N7S/c1-2-3-9-15-8(14)5-10(18-9)19-11-16-6(12)4-7(13)17-11/h4-5H,2-3H2,1H3,(H2,14,15,18)(H4,12,13,16,17). The van der Waals surface area contributed by atoms with Crippen LogP contribution in [0.3, 0.4) is 0 Å². The van der Waals surface area contributed by atoms with E-state index < -0.39 is 0 Å². The van der Waals surface area contributed by atoms with Crippen molar-refractivity contribution in [2.24, 2.45) is 0 Å². The fraction of sp³-hybridized carbons (Fsp3) is 0.273. The van der Waals surface area contributed by atoms with Crippen molar-refractivity contribution >= 4 is 29.2 Å². The Morgan fingerprint density at radius 2 is 1.58 bits per heavy atom. The van der Waals surface area contributed by atoms with Crippen molar-refractivity contribution < 1.29 is 0 Å². The molecule has 0 atom stereocenters. The van der Waals surface area contributed by atoms with Crippen LogP contribution in [0.15, 0.2) is 22.3 Å². The third-order valence-electron chi connectivity index (χ3n) is 2.18. The van der Waals surface area contributed by atoms with Crippen molar-refractivity contribution in [3.8, 4) is 0 Å². The molecule has 19 heavy (non-hydrogen) atoms. The smallest absolute Gasteiger partial charge is 0.197 e. The Labute approximate surface area is 115 Å². The molecule has 0 fully saturated rings. The highest BCUT2D eigenvalue weighted by Crippen LogP contribution is 2.25. The largest absolute Gasteiger partial charge is 0.384 e. The van der Waals surface area contributed by atoms with Crippen LogP contribution in [-0.2, 0) is 6.42 Å². The Kier molecular flexibility index (Phi) is 4.00. The van der Waals surface area contributed by atoms with Gasteiger partial charge in [-0.25, -0.2) is 19.9 Å². The number of hydrogen-bond donors (Lipinski definition) is 3. The minimum absolute atomic E-state index is 0.325. The predicted octanol–water partition coefficient (Wildman–Crippen LogP) is 1.12. The molecule has 0 saturated carbocycles. The summed E-state index contributed by atoms with van der Waals surface area (Å²) in [4.78, 5) is 16.7. The molecule has 0 aliphatic rings. The van der Waals surface area contributed by atoms with Crippen molar-refractivity contribution in [1.82, 2.24) is 19.9 Å². The van der Waals surface area contributed by atoms with Gasteiger partial charge in [0.05, 0.1) is 0 Å². The number of aromatic nitrogens is 4. The van der Waals surface area contributed by atoms with Gasteiger partial charge in [-0.1, -0.05) is 6.92 Å². The van der Waals surface area contributed by atoms with Crippen LogP contribution in [0.2, 0.25) is 0 Å².